The Labute approximate surface area is 249 Å². The molecule has 0 bridgehead atoms. The number of sulfonamides is 1. The molecule has 1 aromatic heterocycles. The molecule has 0 radical (unpaired) electrons. The van der Waals surface area contributed by atoms with Gasteiger partial charge in [0, 0.05) is 54.4 Å². The van der Waals surface area contributed by atoms with E-state index in [1.165, 1.54) is 32.5 Å². The van der Waals surface area contributed by atoms with Gasteiger partial charge in [-0.25, -0.2) is 22.1 Å². The van der Waals surface area contributed by atoms with Crippen molar-refractivity contribution < 1.29 is 22.3 Å². The number of anilines is 2. The average molecular weight is 624 g/mol. The number of thiazole rings is 1. The number of hydrogen-bond acceptors (Lipinski definition) is 9. The van der Waals surface area contributed by atoms with E-state index in [0.717, 1.165) is 54.4 Å². The van der Waals surface area contributed by atoms with Crippen LogP contribution in [0.25, 0.3) is 0 Å². The summed E-state index contributed by atoms with van der Waals surface area (Å²) in [5, 5.41) is 8.76. The minimum absolute atomic E-state index is 0.0723. The lowest BCUT2D eigenvalue weighted by molar-refractivity contribution is 0.0944. The molecule has 222 valence electrons. The van der Waals surface area contributed by atoms with Crippen molar-refractivity contribution in [3.63, 3.8) is 0 Å². The number of benzene rings is 2. The molecule has 1 aliphatic carbocycles. The number of methoxy groups -OCH3 is 2. The van der Waals surface area contributed by atoms with E-state index in [0.29, 0.717) is 28.8 Å². The van der Waals surface area contributed by atoms with Crippen LogP contribution in [0.2, 0.25) is 5.02 Å². The lowest BCUT2D eigenvalue weighted by Gasteiger charge is -2.45. The Morgan fingerprint density at radius 2 is 1.95 bits per heavy atom. The van der Waals surface area contributed by atoms with Gasteiger partial charge in [-0.3, -0.25) is 4.90 Å². The van der Waals surface area contributed by atoms with Crippen LogP contribution in [-0.2, 0) is 16.6 Å². The highest BCUT2D eigenvalue weighted by Gasteiger charge is 2.35. The summed E-state index contributed by atoms with van der Waals surface area (Å²) in [4.78, 5) is 6.09. The fourth-order valence-electron chi connectivity index (χ4n) is 5.49. The van der Waals surface area contributed by atoms with E-state index in [4.69, 9.17) is 21.1 Å². The Balaban J connectivity index is 1.44. The second-order valence-corrected chi connectivity index (χ2v) is 13.5. The molecule has 1 aliphatic heterocycles. The molecule has 3 aromatic rings. The first-order valence-corrected chi connectivity index (χ1v) is 16.2. The Kier molecular flexibility index (Phi) is 9.24. The number of halogens is 2. The quantitative estimate of drug-likeness (QED) is 0.309. The molecule has 1 saturated heterocycles. The lowest BCUT2D eigenvalue weighted by Crippen LogP contribution is -2.61. The van der Waals surface area contributed by atoms with Crippen LogP contribution in [0.1, 0.15) is 31.2 Å². The standard InChI is InChI=1S/C28H35ClFN5O4S2/c1-34(19-15-31-16-19)25-7-5-4-6-23(25)33-24-14-22(30)27(13-21(24)29)41(36,37)35(28-32-10-11-40-28)17-18-8-9-20(38-2)12-26(18)39-3/h8-14,19,23,25,31,33H,4-7,15-17H2,1-3H3/t23-,25-/m0/s1. The maximum Gasteiger partial charge on any atom is 0.269 e. The average Bonchev–Trinajstić information content (AvgIpc) is 3.47. The fourth-order valence-corrected chi connectivity index (χ4v) is 8.11. The Morgan fingerprint density at radius 1 is 1.17 bits per heavy atom. The van der Waals surface area contributed by atoms with Crippen molar-refractivity contribution in [1.29, 1.82) is 0 Å². The zero-order valence-electron chi connectivity index (χ0n) is 23.3. The Bertz CT molecular complexity index is 1460. The highest BCUT2D eigenvalue weighted by Crippen LogP contribution is 2.36. The van der Waals surface area contributed by atoms with Gasteiger partial charge in [0.1, 0.15) is 22.2 Å². The molecule has 5 rings (SSSR count). The normalized spacial score (nSPS) is 19.6. The van der Waals surface area contributed by atoms with Crippen LogP contribution in [0.4, 0.5) is 15.2 Å². The van der Waals surface area contributed by atoms with Crippen LogP contribution >= 0.6 is 22.9 Å². The molecule has 9 nitrogen and oxygen atoms in total. The monoisotopic (exact) mass is 623 g/mol. The molecule has 41 heavy (non-hydrogen) atoms. The number of nitrogens with zero attached hydrogens (tertiary/aromatic N) is 3. The number of nitrogens with one attached hydrogen (secondary N) is 2. The summed E-state index contributed by atoms with van der Waals surface area (Å²) in [7, 11) is 0.754. The van der Waals surface area contributed by atoms with Crippen LogP contribution in [0, 0.1) is 5.82 Å². The van der Waals surface area contributed by atoms with E-state index in [-0.39, 0.29) is 28.8 Å². The third-order valence-electron chi connectivity index (χ3n) is 7.96. The van der Waals surface area contributed by atoms with Crippen molar-refractivity contribution in [3.8, 4) is 11.5 Å². The molecule has 0 unspecified atom stereocenters. The van der Waals surface area contributed by atoms with Gasteiger partial charge in [-0.2, -0.15) is 0 Å². The summed E-state index contributed by atoms with van der Waals surface area (Å²) in [6.07, 6.45) is 5.66. The lowest BCUT2D eigenvalue weighted by atomic mass is 9.88. The summed E-state index contributed by atoms with van der Waals surface area (Å²) in [6, 6.07) is 8.29. The van der Waals surface area contributed by atoms with Crippen molar-refractivity contribution in [2.75, 3.05) is 44.0 Å². The molecule has 0 spiro atoms. The van der Waals surface area contributed by atoms with Gasteiger partial charge in [0.2, 0.25) is 0 Å². The predicted molar refractivity (Wildman–Crippen MR) is 161 cm³/mol. The second-order valence-electron chi connectivity index (χ2n) is 10.3. The van der Waals surface area contributed by atoms with Crippen LogP contribution in [0.15, 0.2) is 46.8 Å². The number of likely N-dealkylation sites (N-methyl/N-ethyl adjacent to an activating group) is 1. The molecule has 13 heteroatoms. The van der Waals surface area contributed by atoms with Crippen molar-refractivity contribution in [2.24, 2.45) is 0 Å². The molecule has 0 amide bonds. The minimum atomic E-state index is -4.41. The van der Waals surface area contributed by atoms with E-state index in [1.807, 2.05) is 0 Å². The first-order chi connectivity index (χ1) is 19.7. The molecule has 2 N–H and O–H groups in total. The summed E-state index contributed by atoms with van der Waals surface area (Å²) in [5.74, 6) is 0.110. The van der Waals surface area contributed by atoms with Gasteiger partial charge >= 0.3 is 0 Å². The topological polar surface area (TPSA) is 96.0 Å². The van der Waals surface area contributed by atoms with Gasteiger partial charge in [0.05, 0.1) is 31.5 Å². The first kappa shape index (κ1) is 29.8. The van der Waals surface area contributed by atoms with Gasteiger partial charge in [0.25, 0.3) is 10.0 Å². The molecular weight excluding hydrogens is 589 g/mol. The Hall–Kier alpha value is -2.64. The second kappa shape index (κ2) is 12.7. The van der Waals surface area contributed by atoms with Gasteiger partial charge in [-0.05, 0) is 44.2 Å². The number of ether oxygens (including phenoxy) is 2. The molecule has 2 fully saturated rings. The number of rotatable bonds is 11. The van der Waals surface area contributed by atoms with Gasteiger partial charge in [-0.1, -0.05) is 24.4 Å². The predicted octanol–water partition coefficient (Wildman–Crippen LogP) is 4.98. The van der Waals surface area contributed by atoms with E-state index in [2.05, 4.69) is 27.6 Å². The van der Waals surface area contributed by atoms with Gasteiger partial charge in [0.15, 0.2) is 5.13 Å². The highest BCUT2D eigenvalue weighted by atomic mass is 35.5. The van der Waals surface area contributed by atoms with E-state index in [9.17, 15) is 8.42 Å². The molecule has 1 saturated carbocycles. The third-order valence-corrected chi connectivity index (χ3v) is 10.9. The molecule has 2 aliphatic rings. The first-order valence-electron chi connectivity index (χ1n) is 13.5. The van der Waals surface area contributed by atoms with Gasteiger partial charge < -0.3 is 20.1 Å². The van der Waals surface area contributed by atoms with Crippen LogP contribution in [0.5, 0.6) is 11.5 Å². The van der Waals surface area contributed by atoms with Crippen LogP contribution < -0.4 is 24.4 Å². The summed E-state index contributed by atoms with van der Waals surface area (Å²) in [5.41, 5.74) is 0.948. The van der Waals surface area contributed by atoms with Crippen LogP contribution in [-0.4, -0.2) is 70.8 Å². The smallest absolute Gasteiger partial charge is 0.269 e. The minimum Gasteiger partial charge on any atom is -0.497 e. The van der Waals surface area contributed by atoms with Crippen LogP contribution in [0.3, 0.4) is 0 Å². The summed E-state index contributed by atoms with van der Waals surface area (Å²) in [6.45, 7) is 1.78. The fraction of sp³-hybridized carbons (Fsp3) is 0.464. The largest absolute Gasteiger partial charge is 0.497 e. The van der Waals surface area contributed by atoms with Crippen molar-refractivity contribution in [1.82, 2.24) is 15.2 Å². The van der Waals surface area contributed by atoms with Crippen molar-refractivity contribution in [3.05, 3.63) is 58.3 Å². The van der Waals surface area contributed by atoms with E-state index >= 15 is 4.39 Å². The molecular formula is C28H35ClFN5O4S2. The highest BCUT2D eigenvalue weighted by molar-refractivity contribution is 7.93. The number of aromatic nitrogens is 1. The molecule has 2 atom stereocenters. The van der Waals surface area contributed by atoms with Crippen molar-refractivity contribution >= 4 is 43.8 Å². The molecule has 2 heterocycles. The zero-order chi connectivity index (χ0) is 29.1. The van der Waals surface area contributed by atoms with Crippen molar-refractivity contribution in [2.45, 2.75) is 55.2 Å². The summed E-state index contributed by atoms with van der Waals surface area (Å²) < 4.78 is 55.5. The van der Waals surface area contributed by atoms with E-state index in [1.54, 1.807) is 23.6 Å². The summed E-state index contributed by atoms with van der Waals surface area (Å²) >= 11 is 7.78. The van der Waals surface area contributed by atoms with E-state index < -0.39 is 20.7 Å². The maximum atomic E-state index is 15.7. The third kappa shape index (κ3) is 6.26. The SMILES string of the molecule is COc1ccc(CN(c2nccs2)S(=O)(=O)c2cc(Cl)c(N[C@H]3CCCC[C@@H]3N(C)C3CNC3)cc2F)c(OC)c1. The Morgan fingerprint density at radius 3 is 2.61 bits per heavy atom. The zero-order valence-corrected chi connectivity index (χ0v) is 25.7. The maximum absolute atomic E-state index is 15.7. The van der Waals surface area contributed by atoms with Gasteiger partial charge in [-0.15, -0.1) is 11.3 Å². The number of hydrogen-bond donors (Lipinski definition) is 2. The molecule has 2 aromatic carbocycles.